The van der Waals surface area contributed by atoms with E-state index in [1.807, 2.05) is 30.3 Å². The summed E-state index contributed by atoms with van der Waals surface area (Å²) < 4.78 is 26.3. The minimum absolute atomic E-state index is 0.127. The number of nitrogens with zero attached hydrogens (tertiary/aromatic N) is 1. The van der Waals surface area contributed by atoms with E-state index in [0.29, 0.717) is 12.1 Å². The van der Waals surface area contributed by atoms with E-state index in [2.05, 4.69) is 27.9 Å². The summed E-state index contributed by atoms with van der Waals surface area (Å²) in [7, 11) is -3.38. The van der Waals surface area contributed by atoms with E-state index in [1.165, 1.54) is 10.6 Å². The average molecular weight is 458 g/mol. The summed E-state index contributed by atoms with van der Waals surface area (Å²) in [6, 6.07) is 16.4. The molecule has 2 aromatic carbocycles. The number of amides is 1. The molecule has 0 bridgehead atoms. The van der Waals surface area contributed by atoms with Crippen LogP contribution in [-0.2, 0) is 14.8 Å². The number of para-hydroxylation sites is 1. The molecule has 1 N–H and O–H groups in total. The van der Waals surface area contributed by atoms with Crippen LogP contribution >= 0.6 is 22.6 Å². The van der Waals surface area contributed by atoms with Crippen LogP contribution < -0.4 is 9.62 Å². The second-order valence-corrected chi connectivity index (χ2v) is 8.48. The topological polar surface area (TPSA) is 66.5 Å². The SMILES string of the molecule is CS(=O)(=O)N(CCCC(=O)Nc1ccc(I)cc1)c1ccccc1. The summed E-state index contributed by atoms with van der Waals surface area (Å²) in [4.78, 5) is 12.0. The van der Waals surface area contributed by atoms with E-state index in [-0.39, 0.29) is 18.9 Å². The molecular weight excluding hydrogens is 439 g/mol. The molecule has 0 aliphatic carbocycles. The summed E-state index contributed by atoms with van der Waals surface area (Å²) in [6.07, 6.45) is 1.87. The summed E-state index contributed by atoms with van der Waals surface area (Å²) in [5.41, 5.74) is 1.35. The lowest BCUT2D eigenvalue weighted by Crippen LogP contribution is -2.31. The fourth-order valence-corrected chi connectivity index (χ4v) is 3.55. The van der Waals surface area contributed by atoms with Crippen molar-refractivity contribution in [3.05, 3.63) is 58.2 Å². The number of halogens is 1. The zero-order valence-corrected chi connectivity index (χ0v) is 16.2. The van der Waals surface area contributed by atoms with Crippen LogP contribution in [0, 0.1) is 3.57 Å². The molecule has 0 aromatic heterocycles. The number of nitrogens with one attached hydrogen (secondary N) is 1. The highest BCUT2D eigenvalue weighted by atomic mass is 127. The van der Waals surface area contributed by atoms with Crippen molar-refractivity contribution < 1.29 is 13.2 Å². The van der Waals surface area contributed by atoms with Gasteiger partial charge < -0.3 is 5.32 Å². The van der Waals surface area contributed by atoms with E-state index in [9.17, 15) is 13.2 Å². The first-order chi connectivity index (χ1) is 11.4. The van der Waals surface area contributed by atoms with Crippen molar-refractivity contribution in [2.45, 2.75) is 12.8 Å². The van der Waals surface area contributed by atoms with Crippen LogP contribution in [0.1, 0.15) is 12.8 Å². The van der Waals surface area contributed by atoms with Crippen LogP contribution in [-0.4, -0.2) is 27.1 Å². The second kappa shape index (κ2) is 8.48. The van der Waals surface area contributed by atoms with Gasteiger partial charge in [-0.25, -0.2) is 8.42 Å². The Kier molecular flexibility index (Phi) is 6.61. The van der Waals surface area contributed by atoms with Gasteiger partial charge in [-0.15, -0.1) is 0 Å². The lowest BCUT2D eigenvalue weighted by molar-refractivity contribution is -0.116. The fraction of sp³-hybridized carbons (Fsp3) is 0.235. The Bertz CT molecular complexity index is 777. The van der Waals surface area contributed by atoms with E-state index in [4.69, 9.17) is 0 Å². The van der Waals surface area contributed by atoms with Gasteiger partial charge in [0, 0.05) is 22.2 Å². The molecule has 2 aromatic rings. The number of anilines is 2. The van der Waals surface area contributed by atoms with Gasteiger partial charge in [0.2, 0.25) is 15.9 Å². The molecule has 128 valence electrons. The van der Waals surface area contributed by atoms with Crippen molar-refractivity contribution in [3.63, 3.8) is 0 Å². The zero-order chi connectivity index (χ0) is 17.6. The third kappa shape index (κ3) is 5.79. The van der Waals surface area contributed by atoms with Gasteiger partial charge in [0.15, 0.2) is 0 Å². The number of hydrogen-bond donors (Lipinski definition) is 1. The maximum Gasteiger partial charge on any atom is 0.232 e. The molecular formula is C17H19IN2O3S. The molecule has 0 atom stereocenters. The van der Waals surface area contributed by atoms with Gasteiger partial charge in [0.05, 0.1) is 11.9 Å². The van der Waals surface area contributed by atoms with E-state index < -0.39 is 10.0 Å². The van der Waals surface area contributed by atoms with Gasteiger partial charge in [-0.2, -0.15) is 0 Å². The number of rotatable bonds is 7. The number of sulfonamides is 1. The van der Waals surface area contributed by atoms with Crippen molar-refractivity contribution in [2.75, 3.05) is 22.4 Å². The van der Waals surface area contributed by atoms with Gasteiger partial charge in [0.25, 0.3) is 0 Å². The Morgan fingerprint density at radius 2 is 1.71 bits per heavy atom. The molecule has 0 fully saturated rings. The largest absolute Gasteiger partial charge is 0.326 e. The molecule has 5 nitrogen and oxygen atoms in total. The Balaban J connectivity index is 1.91. The summed E-state index contributed by atoms with van der Waals surface area (Å²) in [5.74, 6) is -0.127. The van der Waals surface area contributed by atoms with Crippen LogP contribution in [0.15, 0.2) is 54.6 Å². The fourth-order valence-electron chi connectivity index (χ4n) is 2.22. The smallest absolute Gasteiger partial charge is 0.232 e. The Hall–Kier alpha value is -1.61. The molecule has 24 heavy (non-hydrogen) atoms. The van der Waals surface area contributed by atoms with Crippen LogP contribution in [0.4, 0.5) is 11.4 Å². The van der Waals surface area contributed by atoms with Crippen molar-refractivity contribution in [2.24, 2.45) is 0 Å². The van der Waals surface area contributed by atoms with E-state index in [1.54, 1.807) is 24.3 Å². The maximum atomic E-state index is 12.0. The first-order valence-corrected chi connectivity index (χ1v) is 10.4. The lowest BCUT2D eigenvalue weighted by atomic mass is 10.2. The Morgan fingerprint density at radius 3 is 2.29 bits per heavy atom. The first-order valence-electron chi connectivity index (χ1n) is 7.44. The molecule has 0 saturated heterocycles. The van der Waals surface area contributed by atoms with Crippen LogP contribution in [0.5, 0.6) is 0 Å². The summed E-state index contributed by atoms with van der Waals surface area (Å²) >= 11 is 2.20. The van der Waals surface area contributed by atoms with Gasteiger partial charge in [0.1, 0.15) is 0 Å². The third-order valence-corrected chi connectivity index (χ3v) is 5.25. The monoisotopic (exact) mass is 458 g/mol. The van der Waals surface area contributed by atoms with Crippen molar-refractivity contribution >= 4 is 49.9 Å². The van der Waals surface area contributed by atoms with Gasteiger partial charge in [-0.3, -0.25) is 9.10 Å². The molecule has 0 unspecified atom stereocenters. The third-order valence-electron chi connectivity index (χ3n) is 3.34. The van der Waals surface area contributed by atoms with Gasteiger partial charge >= 0.3 is 0 Å². The summed E-state index contributed by atoms with van der Waals surface area (Å²) in [6.45, 7) is 0.267. The molecule has 7 heteroatoms. The number of carbonyl (C=O) groups is 1. The highest BCUT2D eigenvalue weighted by molar-refractivity contribution is 14.1. The van der Waals surface area contributed by atoms with Crippen LogP contribution in [0.2, 0.25) is 0 Å². The van der Waals surface area contributed by atoms with Gasteiger partial charge in [-0.05, 0) is 65.4 Å². The maximum absolute atomic E-state index is 12.0. The Morgan fingerprint density at radius 1 is 1.08 bits per heavy atom. The first kappa shape index (κ1) is 18.7. The number of benzene rings is 2. The van der Waals surface area contributed by atoms with E-state index in [0.717, 1.165) is 9.26 Å². The van der Waals surface area contributed by atoms with E-state index >= 15 is 0 Å². The Labute approximate surface area is 156 Å². The molecule has 0 spiro atoms. The number of hydrogen-bond acceptors (Lipinski definition) is 3. The molecule has 2 rings (SSSR count). The lowest BCUT2D eigenvalue weighted by Gasteiger charge is -2.22. The molecule has 0 aliphatic rings. The highest BCUT2D eigenvalue weighted by Crippen LogP contribution is 2.18. The van der Waals surface area contributed by atoms with Crippen LogP contribution in [0.25, 0.3) is 0 Å². The summed E-state index contributed by atoms with van der Waals surface area (Å²) in [5, 5.41) is 2.81. The van der Waals surface area contributed by atoms with Crippen molar-refractivity contribution in [1.29, 1.82) is 0 Å². The molecule has 1 amide bonds. The minimum Gasteiger partial charge on any atom is -0.326 e. The quantitative estimate of drug-likeness (QED) is 0.647. The van der Waals surface area contributed by atoms with Gasteiger partial charge in [-0.1, -0.05) is 18.2 Å². The molecule has 0 radical (unpaired) electrons. The predicted molar refractivity (Wildman–Crippen MR) is 106 cm³/mol. The van der Waals surface area contributed by atoms with Crippen LogP contribution in [0.3, 0.4) is 0 Å². The van der Waals surface area contributed by atoms with Crippen molar-refractivity contribution in [3.8, 4) is 0 Å². The predicted octanol–water partition coefficient (Wildman–Crippen LogP) is 3.48. The van der Waals surface area contributed by atoms with Crippen molar-refractivity contribution in [1.82, 2.24) is 0 Å². The second-order valence-electron chi connectivity index (χ2n) is 5.33. The minimum atomic E-state index is -3.38. The molecule has 0 heterocycles. The highest BCUT2D eigenvalue weighted by Gasteiger charge is 2.17. The number of carbonyl (C=O) groups excluding carboxylic acids is 1. The molecule has 0 aliphatic heterocycles. The zero-order valence-electron chi connectivity index (χ0n) is 13.3. The normalized spacial score (nSPS) is 11.1. The standard InChI is InChI=1S/C17H19IN2O3S/c1-24(22,23)20(16-6-3-2-4-7-16)13-5-8-17(21)19-15-11-9-14(18)10-12-15/h2-4,6-7,9-12H,5,8,13H2,1H3,(H,19,21). The average Bonchev–Trinajstić information content (AvgIpc) is 2.53. The molecule has 0 saturated carbocycles.